The number of piperidine rings is 1. The molecule has 1 fully saturated rings. The highest BCUT2D eigenvalue weighted by Crippen LogP contribution is 2.17. The van der Waals surface area contributed by atoms with Crippen molar-refractivity contribution in [1.82, 2.24) is 25.0 Å². The number of para-hydroxylation sites is 1. The molecule has 0 spiro atoms. The van der Waals surface area contributed by atoms with E-state index in [0.717, 1.165) is 12.1 Å². The van der Waals surface area contributed by atoms with Crippen molar-refractivity contribution in [2.45, 2.75) is 26.0 Å². The third-order valence-electron chi connectivity index (χ3n) is 4.26. The smallest absolute Gasteiger partial charge is 0.317 e. The molecule has 122 valence electrons. The SMILES string of the molecule is CC1CCN(C(=O)NCc2nncn2-c2ccccc2)CC1O. The summed E-state index contributed by atoms with van der Waals surface area (Å²) in [4.78, 5) is 13.9. The van der Waals surface area contributed by atoms with Crippen LogP contribution >= 0.6 is 0 Å². The summed E-state index contributed by atoms with van der Waals surface area (Å²) in [6.07, 6.45) is 1.99. The Morgan fingerprint density at radius 2 is 2.17 bits per heavy atom. The largest absolute Gasteiger partial charge is 0.391 e. The van der Waals surface area contributed by atoms with Crippen LogP contribution in [0, 0.1) is 5.92 Å². The number of carbonyl (C=O) groups excluding carboxylic acids is 1. The van der Waals surface area contributed by atoms with Crippen molar-refractivity contribution in [3.63, 3.8) is 0 Å². The second-order valence-electron chi connectivity index (χ2n) is 5.89. The summed E-state index contributed by atoms with van der Waals surface area (Å²) in [5, 5.41) is 20.7. The Hall–Kier alpha value is -2.41. The number of nitrogens with one attached hydrogen (secondary N) is 1. The molecule has 3 rings (SSSR count). The van der Waals surface area contributed by atoms with E-state index in [1.807, 2.05) is 41.8 Å². The molecule has 23 heavy (non-hydrogen) atoms. The van der Waals surface area contributed by atoms with Crippen LogP contribution in [0.1, 0.15) is 19.2 Å². The van der Waals surface area contributed by atoms with Crippen LogP contribution < -0.4 is 5.32 Å². The van der Waals surface area contributed by atoms with Crippen LogP contribution in [0.4, 0.5) is 4.79 Å². The number of aliphatic hydroxyl groups excluding tert-OH is 1. The van der Waals surface area contributed by atoms with Crippen LogP contribution in [0.3, 0.4) is 0 Å². The zero-order valence-corrected chi connectivity index (χ0v) is 13.1. The Bertz CT molecular complexity index is 658. The minimum absolute atomic E-state index is 0.182. The molecule has 0 bridgehead atoms. The van der Waals surface area contributed by atoms with Crippen LogP contribution in [0.25, 0.3) is 5.69 Å². The molecule has 2 N–H and O–H groups in total. The van der Waals surface area contributed by atoms with E-state index >= 15 is 0 Å². The molecule has 1 aromatic heterocycles. The third kappa shape index (κ3) is 3.50. The van der Waals surface area contributed by atoms with Crippen LogP contribution in [0.2, 0.25) is 0 Å². The second kappa shape index (κ2) is 6.78. The Morgan fingerprint density at radius 1 is 1.39 bits per heavy atom. The first-order valence-electron chi connectivity index (χ1n) is 7.80. The molecule has 7 heteroatoms. The maximum atomic E-state index is 12.2. The number of hydrogen-bond donors (Lipinski definition) is 2. The molecular formula is C16H21N5O2. The highest BCUT2D eigenvalue weighted by atomic mass is 16.3. The minimum atomic E-state index is -0.456. The number of carbonyl (C=O) groups is 1. The van der Waals surface area contributed by atoms with E-state index < -0.39 is 6.10 Å². The van der Waals surface area contributed by atoms with Gasteiger partial charge in [0.2, 0.25) is 0 Å². The Morgan fingerprint density at radius 3 is 2.91 bits per heavy atom. The third-order valence-corrected chi connectivity index (χ3v) is 4.26. The normalized spacial score (nSPS) is 21.2. The van der Waals surface area contributed by atoms with Crippen LogP contribution in [0.5, 0.6) is 0 Å². The first kappa shape index (κ1) is 15.5. The number of nitrogens with zero attached hydrogens (tertiary/aromatic N) is 4. The Kier molecular flexibility index (Phi) is 4.57. The van der Waals surface area contributed by atoms with E-state index in [9.17, 15) is 9.90 Å². The number of aromatic nitrogens is 3. The minimum Gasteiger partial charge on any atom is -0.391 e. The summed E-state index contributed by atoms with van der Waals surface area (Å²) in [6.45, 7) is 3.33. The van der Waals surface area contributed by atoms with E-state index in [1.165, 1.54) is 0 Å². The molecule has 0 saturated carbocycles. The van der Waals surface area contributed by atoms with Crippen molar-refractivity contribution >= 4 is 6.03 Å². The van der Waals surface area contributed by atoms with E-state index in [-0.39, 0.29) is 18.5 Å². The Balaban J connectivity index is 1.61. The summed E-state index contributed by atoms with van der Waals surface area (Å²) in [5.74, 6) is 0.899. The summed E-state index contributed by atoms with van der Waals surface area (Å²) < 4.78 is 1.84. The van der Waals surface area contributed by atoms with E-state index in [0.29, 0.717) is 18.9 Å². The van der Waals surface area contributed by atoms with Crippen LogP contribution in [0.15, 0.2) is 36.7 Å². The molecule has 2 aromatic rings. The van der Waals surface area contributed by atoms with Gasteiger partial charge in [-0.05, 0) is 24.5 Å². The van der Waals surface area contributed by atoms with Crippen molar-refractivity contribution in [3.05, 3.63) is 42.5 Å². The lowest BCUT2D eigenvalue weighted by molar-refractivity contribution is 0.0435. The lowest BCUT2D eigenvalue weighted by Crippen LogP contribution is -2.49. The molecule has 2 amide bonds. The Labute approximate surface area is 134 Å². The van der Waals surface area contributed by atoms with Gasteiger partial charge in [-0.1, -0.05) is 25.1 Å². The number of urea groups is 1. The van der Waals surface area contributed by atoms with Gasteiger partial charge in [-0.15, -0.1) is 10.2 Å². The van der Waals surface area contributed by atoms with Gasteiger partial charge in [0, 0.05) is 18.8 Å². The number of likely N-dealkylation sites (tertiary alicyclic amines) is 1. The zero-order chi connectivity index (χ0) is 16.2. The van der Waals surface area contributed by atoms with Gasteiger partial charge in [-0.25, -0.2) is 4.79 Å². The maximum Gasteiger partial charge on any atom is 0.317 e. The van der Waals surface area contributed by atoms with Crippen molar-refractivity contribution in [1.29, 1.82) is 0 Å². The molecule has 0 aliphatic carbocycles. The van der Waals surface area contributed by atoms with Gasteiger partial charge in [0.25, 0.3) is 0 Å². The molecular weight excluding hydrogens is 294 g/mol. The topological polar surface area (TPSA) is 83.3 Å². The molecule has 0 radical (unpaired) electrons. The molecule has 1 saturated heterocycles. The van der Waals surface area contributed by atoms with Crippen molar-refractivity contribution in [3.8, 4) is 5.69 Å². The number of β-amino-alcohol motifs (C(OH)–C–C–N with tert-alkyl or cyclic N) is 1. The molecule has 2 unspecified atom stereocenters. The average molecular weight is 315 g/mol. The van der Waals surface area contributed by atoms with Gasteiger partial charge in [-0.3, -0.25) is 4.57 Å². The molecule has 1 aliphatic heterocycles. The fraction of sp³-hybridized carbons (Fsp3) is 0.438. The molecule has 2 atom stereocenters. The maximum absolute atomic E-state index is 12.2. The zero-order valence-electron chi connectivity index (χ0n) is 13.1. The standard InChI is InChI=1S/C16H21N5O2/c1-12-7-8-20(10-14(12)22)16(23)17-9-15-19-18-11-21(15)13-5-3-2-4-6-13/h2-6,11-12,14,22H,7-10H2,1H3,(H,17,23). The highest BCUT2D eigenvalue weighted by molar-refractivity contribution is 5.74. The molecule has 1 aromatic carbocycles. The van der Waals surface area contributed by atoms with Gasteiger partial charge in [0.1, 0.15) is 6.33 Å². The van der Waals surface area contributed by atoms with Gasteiger partial charge < -0.3 is 15.3 Å². The summed E-state index contributed by atoms with van der Waals surface area (Å²) in [7, 11) is 0. The lowest BCUT2D eigenvalue weighted by atomic mass is 9.96. The quantitative estimate of drug-likeness (QED) is 0.891. The molecule has 1 aliphatic rings. The highest BCUT2D eigenvalue weighted by Gasteiger charge is 2.27. The number of amides is 2. The van der Waals surface area contributed by atoms with Crippen molar-refractivity contribution in [2.24, 2.45) is 5.92 Å². The predicted octanol–water partition coefficient (Wildman–Crippen LogP) is 1.18. The number of hydrogen-bond acceptors (Lipinski definition) is 4. The number of benzene rings is 1. The lowest BCUT2D eigenvalue weighted by Gasteiger charge is -2.34. The second-order valence-corrected chi connectivity index (χ2v) is 5.89. The number of rotatable bonds is 3. The van der Waals surface area contributed by atoms with Gasteiger partial charge in [0.15, 0.2) is 5.82 Å². The summed E-state index contributed by atoms with van der Waals surface area (Å²) >= 11 is 0. The van der Waals surface area contributed by atoms with Gasteiger partial charge in [0.05, 0.1) is 12.6 Å². The van der Waals surface area contributed by atoms with E-state index in [4.69, 9.17) is 0 Å². The van der Waals surface area contributed by atoms with Crippen molar-refractivity contribution in [2.75, 3.05) is 13.1 Å². The molecule has 7 nitrogen and oxygen atoms in total. The van der Waals surface area contributed by atoms with E-state index in [2.05, 4.69) is 15.5 Å². The number of aliphatic hydroxyl groups is 1. The van der Waals surface area contributed by atoms with Crippen LogP contribution in [-0.4, -0.2) is 50.0 Å². The van der Waals surface area contributed by atoms with Crippen LogP contribution in [-0.2, 0) is 6.54 Å². The monoisotopic (exact) mass is 315 g/mol. The first-order valence-corrected chi connectivity index (χ1v) is 7.80. The summed E-state index contributed by atoms with van der Waals surface area (Å²) in [6, 6.07) is 9.55. The molecule has 2 heterocycles. The van der Waals surface area contributed by atoms with Gasteiger partial charge >= 0.3 is 6.03 Å². The fourth-order valence-corrected chi connectivity index (χ4v) is 2.68. The first-order chi connectivity index (χ1) is 11.1. The van der Waals surface area contributed by atoms with Crippen molar-refractivity contribution < 1.29 is 9.90 Å². The summed E-state index contributed by atoms with van der Waals surface area (Å²) in [5.41, 5.74) is 0.948. The predicted molar refractivity (Wildman–Crippen MR) is 85.0 cm³/mol. The fourth-order valence-electron chi connectivity index (χ4n) is 2.68. The average Bonchev–Trinajstić information content (AvgIpc) is 3.04. The van der Waals surface area contributed by atoms with E-state index in [1.54, 1.807) is 11.2 Å². The van der Waals surface area contributed by atoms with Gasteiger partial charge in [-0.2, -0.15) is 0 Å².